The Morgan fingerprint density at radius 2 is 1.80 bits per heavy atom. The van der Waals surface area contributed by atoms with Crippen LogP contribution in [0, 0.1) is 0 Å². The van der Waals surface area contributed by atoms with E-state index in [-0.39, 0.29) is 11.1 Å². The van der Waals surface area contributed by atoms with Crippen molar-refractivity contribution in [1.82, 2.24) is 0 Å². The van der Waals surface area contributed by atoms with Gasteiger partial charge >= 0.3 is 6.18 Å². The molecule has 0 aliphatic carbocycles. The molecule has 0 saturated carbocycles. The van der Waals surface area contributed by atoms with Crippen molar-refractivity contribution < 1.29 is 17.6 Å². The zero-order valence-electron chi connectivity index (χ0n) is 7.28. The van der Waals surface area contributed by atoms with Crippen molar-refractivity contribution in [3.05, 3.63) is 34.9 Å². The molecular weight excluding hydrogens is 255 g/mol. The summed E-state index contributed by atoms with van der Waals surface area (Å²) in [5, 5.41) is 0. The molecule has 15 heavy (non-hydrogen) atoms. The Bertz CT molecular complexity index is 346. The second-order valence-corrected chi connectivity index (χ2v) is 3.95. The van der Waals surface area contributed by atoms with Crippen LogP contribution < -0.4 is 0 Å². The van der Waals surface area contributed by atoms with Crippen molar-refractivity contribution in [3.63, 3.8) is 0 Å². The fraction of sp³-hybridized carbons (Fsp3) is 0.333. The fourth-order valence-corrected chi connectivity index (χ4v) is 1.50. The van der Waals surface area contributed by atoms with Crippen LogP contribution in [0.25, 0.3) is 0 Å². The van der Waals surface area contributed by atoms with E-state index in [1.807, 2.05) is 0 Å². The normalized spacial score (nSPS) is 12.2. The monoisotopic (exact) mass is 260 g/mol. The average Bonchev–Trinajstić information content (AvgIpc) is 2.15. The zero-order chi connectivity index (χ0) is 11.6. The van der Waals surface area contributed by atoms with Crippen LogP contribution in [0.5, 0.6) is 0 Å². The quantitative estimate of drug-likeness (QED) is 0.536. The first kappa shape index (κ1) is 12.6. The van der Waals surface area contributed by atoms with Crippen molar-refractivity contribution in [3.8, 4) is 0 Å². The van der Waals surface area contributed by atoms with Crippen LogP contribution in [0.4, 0.5) is 17.6 Å². The van der Waals surface area contributed by atoms with Crippen molar-refractivity contribution >= 4 is 23.2 Å². The van der Waals surface area contributed by atoms with Crippen molar-refractivity contribution in [2.75, 3.05) is 0 Å². The number of benzene rings is 1. The molecular formula is C9H6Cl2F4. The summed E-state index contributed by atoms with van der Waals surface area (Å²) in [5.74, 6) is 0. The molecule has 0 unspecified atom stereocenters. The van der Waals surface area contributed by atoms with Gasteiger partial charge in [-0.2, -0.15) is 13.2 Å². The van der Waals surface area contributed by atoms with Gasteiger partial charge < -0.3 is 0 Å². The summed E-state index contributed by atoms with van der Waals surface area (Å²) >= 11 is 10.8. The number of halogens is 6. The maximum atomic E-state index is 12.4. The Labute approximate surface area is 93.8 Å². The molecule has 0 atom stereocenters. The van der Waals surface area contributed by atoms with Gasteiger partial charge in [0.15, 0.2) is 0 Å². The summed E-state index contributed by atoms with van der Waals surface area (Å²) in [6.45, 7) is -0.856. The summed E-state index contributed by atoms with van der Waals surface area (Å²) in [4.78, 5) is -1.33. The van der Waals surface area contributed by atoms with Gasteiger partial charge in [0.25, 0.3) is 0 Å². The molecule has 1 aromatic carbocycles. The highest BCUT2D eigenvalue weighted by Crippen LogP contribution is 2.38. The van der Waals surface area contributed by atoms with Gasteiger partial charge in [-0.1, -0.05) is 6.07 Å². The largest absolute Gasteiger partial charge is 0.416 e. The molecule has 0 aliphatic rings. The Kier molecular flexibility index (Phi) is 3.84. The van der Waals surface area contributed by atoms with Crippen LogP contribution in [0.15, 0.2) is 18.2 Å². The van der Waals surface area contributed by atoms with E-state index in [4.69, 9.17) is 23.2 Å². The molecule has 0 bridgehead atoms. The molecule has 6 heteroatoms. The van der Waals surface area contributed by atoms with Gasteiger partial charge in [-0.15, -0.1) is 23.2 Å². The molecule has 0 aromatic heterocycles. The van der Waals surface area contributed by atoms with E-state index in [2.05, 4.69) is 0 Å². The van der Waals surface area contributed by atoms with Gasteiger partial charge in [0.05, 0.1) is 5.56 Å². The third-order valence-corrected chi connectivity index (χ3v) is 2.28. The molecule has 0 amide bonds. The third-order valence-electron chi connectivity index (χ3n) is 1.81. The van der Waals surface area contributed by atoms with Gasteiger partial charge in [0.1, 0.15) is 11.5 Å². The van der Waals surface area contributed by atoms with Crippen LogP contribution in [-0.4, -0.2) is 0 Å². The highest BCUT2D eigenvalue weighted by molar-refractivity contribution is 6.44. The molecule has 0 radical (unpaired) electrons. The van der Waals surface area contributed by atoms with Crippen molar-refractivity contribution in [2.45, 2.75) is 17.7 Å². The summed E-state index contributed by atoms with van der Waals surface area (Å²) < 4.78 is 49.5. The minimum atomic E-state index is -4.54. The first-order chi connectivity index (χ1) is 6.86. The predicted octanol–water partition coefficient (Wildman–Crippen LogP) is 4.65. The minimum Gasteiger partial charge on any atom is -0.246 e. The van der Waals surface area contributed by atoms with E-state index in [9.17, 15) is 17.6 Å². The van der Waals surface area contributed by atoms with E-state index in [0.29, 0.717) is 0 Å². The van der Waals surface area contributed by atoms with Gasteiger partial charge in [-0.25, -0.2) is 4.39 Å². The average molecular weight is 261 g/mol. The second-order valence-electron chi connectivity index (χ2n) is 2.85. The lowest BCUT2D eigenvalue weighted by Gasteiger charge is -2.14. The summed E-state index contributed by atoms with van der Waals surface area (Å²) in [5.41, 5.74) is -1.14. The summed E-state index contributed by atoms with van der Waals surface area (Å²) in [6.07, 6.45) is -4.54. The SMILES string of the molecule is FCc1ccc(C(F)(F)F)c(C(Cl)Cl)c1. The maximum absolute atomic E-state index is 12.4. The van der Waals surface area contributed by atoms with E-state index in [1.54, 1.807) is 0 Å². The zero-order valence-corrected chi connectivity index (χ0v) is 8.80. The van der Waals surface area contributed by atoms with Crippen molar-refractivity contribution in [2.24, 2.45) is 0 Å². The van der Waals surface area contributed by atoms with Crippen molar-refractivity contribution in [1.29, 1.82) is 0 Å². The van der Waals surface area contributed by atoms with Crippen LogP contribution in [-0.2, 0) is 12.9 Å². The predicted molar refractivity (Wildman–Crippen MR) is 50.7 cm³/mol. The lowest BCUT2D eigenvalue weighted by Crippen LogP contribution is -2.09. The Hall–Kier alpha value is -0.480. The first-order valence-corrected chi connectivity index (χ1v) is 4.77. The molecule has 0 fully saturated rings. The first-order valence-electron chi connectivity index (χ1n) is 3.90. The molecule has 84 valence electrons. The molecule has 0 spiro atoms. The molecule has 1 aromatic rings. The van der Waals surface area contributed by atoms with Crippen LogP contribution >= 0.6 is 23.2 Å². The molecule has 0 saturated heterocycles. The fourth-order valence-electron chi connectivity index (χ4n) is 1.13. The number of alkyl halides is 6. The smallest absolute Gasteiger partial charge is 0.246 e. The molecule has 0 N–H and O–H groups in total. The van der Waals surface area contributed by atoms with E-state index < -0.39 is 23.3 Å². The Balaban J connectivity index is 3.28. The topological polar surface area (TPSA) is 0 Å². The highest BCUT2D eigenvalue weighted by atomic mass is 35.5. The van der Waals surface area contributed by atoms with Crippen LogP contribution in [0.1, 0.15) is 21.5 Å². The lowest BCUT2D eigenvalue weighted by atomic mass is 10.1. The Morgan fingerprint density at radius 3 is 2.20 bits per heavy atom. The van der Waals surface area contributed by atoms with Crippen LogP contribution in [0.2, 0.25) is 0 Å². The molecule has 0 heterocycles. The van der Waals surface area contributed by atoms with Gasteiger partial charge in [-0.05, 0) is 23.3 Å². The second kappa shape index (κ2) is 4.58. The number of rotatable bonds is 2. The Morgan fingerprint density at radius 1 is 1.20 bits per heavy atom. The standard InChI is InChI=1S/C9H6Cl2F4/c10-8(11)6-3-5(4-12)1-2-7(6)9(13,14)15/h1-3,8H,4H2. The molecule has 1 rings (SSSR count). The van der Waals surface area contributed by atoms with E-state index in [1.165, 1.54) is 0 Å². The number of hydrogen-bond donors (Lipinski definition) is 0. The molecule has 0 aliphatic heterocycles. The van der Waals surface area contributed by atoms with Gasteiger partial charge in [-0.3, -0.25) is 0 Å². The van der Waals surface area contributed by atoms with Gasteiger partial charge in [0.2, 0.25) is 0 Å². The van der Waals surface area contributed by atoms with Crippen LogP contribution in [0.3, 0.4) is 0 Å². The van der Waals surface area contributed by atoms with Gasteiger partial charge in [0, 0.05) is 0 Å². The number of hydrogen-bond acceptors (Lipinski definition) is 0. The minimum absolute atomic E-state index is 0.115. The third kappa shape index (κ3) is 2.98. The summed E-state index contributed by atoms with van der Waals surface area (Å²) in [7, 11) is 0. The van der Waals surface area contributed by atoms with E-state index in [0.717, 1.165) is 18.2 Å². The lowest BCUT2D eigenvalue weighted by molar-refractivity contribution is -0.138. The highest BCUT2D eigenvalue weighted by Gasteiger charge is 2.34. The molecule has 0 nitrogen and oxygen atoms in total. The summed E-state index contributed by atoms with van der Waals surface area (Å²) in [6, 6.07) is 2.86. The maximum Gasteiger partial charge on any atom is 0.416 e. The van der Waals surface area contributed by atoms with E-state index >= 15 is 0 Å².